The van der Waals surface area contributed by atoms with E-state index in [-0.39, 0.29) is 5.91 Å². The molecule has 1 aliphatic carbocycles. The Morgan fingerprint density at radius 1 is 1.56 bits per heavy atom. The molecule has 0 radical (unpaired) electrons. The van der Waals surface area contributed by atoms with Gasteiger partial charge in [-0.15, -0.1) is 11.3 Å². The fourth-order valence-electron chi connectivity index (χ4n) is 1.87. The van der Waals surface area contributed by atoms with Gasteiger partial charge in [0.25, 0.3) is 5.91 Å². The smallest absolute Gasteiger partial charge is 0.328 e. The molecule has 1 amide bonds. The van der Waals surface area contributed by atoms with E-state index < -0.39 is 5.97 Å². The Labute approximate surface area is 110 Å². The highest BCUT2D eigenvalue weighted by atomic mass is 32.1. The molecule has 1 N–H and O–H groups in total. The zero-order chi connectivity index (χ0) is 13.1. The van der Waals surface area contributed by atoms with E-state index in [0.717, 1.165) is 18.9 Å². The molecule has 96 valence electrons. The molecular weight excluding hydrogens is 250 g/mol. The first-order valence-electron chi connectivity index (χ1n) is 5.93. The van der Waals surface area contributed by atoms with Crippen molar-refractivity contribution in [1.82, 2.24) is 4.90 Å². The van der Waals surface area contributed by atoms with Crippen molar-refractivity contribution in [2.24, 2.45) is 0 Å². The summed E-state index contributed by atoms with van der Waals surface area (Å²) >= 11 is 1.36. The van der Waals surface area contributed by atoms with Crippen molar-refractivity contribution in [1.29, 1.82) is 0 Å². The second-order valence-corrected chi connectivity index (χ2v) is 5.12. The normalized spacial score (nSPS) is 14.9. The summed E-state index contributed by atoms with van der Waals surface area (Å²) in [5.41, 5.74) is 0.687. The van der Waals surface area contributed by atoms with E-state index in [9.17, 15) is 9.59 Å². The van der Waals surface area contributed by atoms with Crippen molar-refractivity contribution in [2.45, 2.75) is 25.8 Å². The van der Waals surface area contributed by atoms with E-state index in [4.69, 9.17) is 5.11 Å². The van der Waals surface area contributed by atoms with Crippen LogP contribution in [0.1, 0.15) is 35.0 Å². The standard InChI is InChI=1S/C13H15NO3S/c1-2-14(10-4-5-10)13(17)12-9(7-8-18-12)3-6-11(15)16/h3,6-8,10H,2,4-5H2,1H3,(H,15,16)/b6-3+. The fourth-order valence-corrected chi connectivity index (χ4v) is 2.71. The number of thiophene rings is 1. The van der Waals surface area contributed by atoms with Gasteiger partial charge < -0.3 is 10.0 Å². The highest BCUT2D eigenvalue weighted by molar-refractivity contribution is 7.12. The van der Waals surface area contributed by atoms with Gasteiger partial charge in [0.1, 0.15) is 0 Å². The summed E-state index contributed by atoms with van der Waals surface area (Å²) in [5, 5.41) is 10.4. The van der Waals surface area contributed by atoms with Crippen molar-refractivity contribution in [3.8, 4) is 0 Å². The third-order valence-corrected chi connectivity index (χ3v) is 3.80. The van der Waals surface area contributed by atoms with Crippen LogP contribution < -0.4 is 0 Å². The number of carboxylic acids is 1. The number of carboxylic acid groups (broad SMARTS) is 1. The van der Waals surface area contributed by atoms with Gasteiger partial charge >= 0.3 is 5.97 Å². The third-order valence-electron chi connectivity index (χ3n) is 2.88. The predicted octanol–water partition coefficient (Wildman–Crippen LogP) is 2.47. The Hall–Kier alpha value is -1.62. The summed E-state index contributed by atoms with van der Waals surface area (Å²) in [4.78, 5) is 25.3. The first kappa shape index (κ1) is 12.8. The maximum Gasteiger partial charge on any atom is 0.328 e. The lowest BCUT2D eigenvalue weighted by atomic mass is 10.2. The van der Waals surface area contributed by atoms with Crippen molar-refractivity contribution >= 4 is 29.3 Å². The topological polar surface area (TPSA) is 57.6 Å². The molecule has 0 atom stereocenters. The lowest BCUT2D eigenvalue weighted by molar-refractivity contribution is -0.131. The van der Waals surface area contributed by atoms with E-state index in [1.165, 1.54) is 17.4 Å². The molecule has 1 saturated carbocycles. The van der Waals surface area contributed by atoms with E-state index in [1.807, 2.05) is 17.2 Å². The molecule has 1 fully saturated rings. The molecule has 0 unspecified atom stereocenters. The molecule has 0 spiro atoms. The van der Waals surface area contributed by atoms with Gasteiger partial charge in [0, 0.05) is 18.7 Å². The molecule has 5 heteroatoms. The third kappa shape index (κ3) is 2.79. The maximum atomic E-state index is 12.3. The molecular formula is C13H15NO3S. The number of aliphatic carboxylic acids is 1. The number of carbonyl (C=O) groups is 2. The van der Waals surface area contributed by atoms with Crippen LogP contribution in [-0.4, -0.2) is 34.5 Å². The number of carbonyl (C=O) groups excluding carboxylic acids is 1. The van der Waals surface area contributed by atoms with Gasteiger partial charge in [-0.2, -0.15) is 0 Å². The summed E-state index contributed by atoms with van der Waals surface area (Å²) in [6, 6.07) is 2.15. The minimum atomic E-state index is -1.01. The van der Waals surface area contributed by atoms with Gasteiger partial charge in [-0.05, 0) is 42.9 Å². The molecule has 0 bridgehead atoms. The predicted molar refractivity (Wildman–Crippen MR) is 70.7 cm³/mol. The van der Waals surface area contributed by atoms with Gasteiger partial charge in [0.05, 0.1) is 4.88 Å². The van der Waals surface area contributed by atoms with E-state index >= 15 is 0 Å². The molecule has 1 aliphatic rings. The molecule has 0 saturated heterocycles. The average Bonchev–Trinajstić information content (AvgIpc) is 3.05. The largest absolute Gasteiger partial charge is 0.478 e. The number of hydrogen-bond acceptors (Lipinski definition) is 3. The number of hydrogen-bond donors (Lipinski definition) is 1. The van der Waals surface area contributed by atoms with Gasteiger partial charge in [0.2, 0.25) is 0 Å². The van der Waals surface area contributed by atoms with E-state index in [1.54, 1.807) is 6.07 Å². The summed E-state index contributed by atoms with van der Waals surface area (Å²) in [7, 11) is 0. The number of amides is 1. The molecule has 1 aromatic heterocycles. The molecule has 2 rings (SSSR count). The van der Waals surface area contributed by atoms with Crippen LogP contribution in [0.5, 0.6) is 0 Å². The number of nitrogens with zero attached hydrogens (tertiary/aromatic N) is 1. The minimum absolute atomic E-state index is 0.0139. The number of rotatable bonds is 5. The molecule has 0 aliphatic heterocycles. The van der Waals surface area contributed by atoms with Crippen LogP contribution in [0.25, 0.3) is 6.08 Å². The molecule has 4 nitrogen and oxygen atoms in total. The molecule has 1 heterocycles. The van der Waals surface area contributed by atoms with Gasteiger partial charge in [-0.1, -0.05) is 0 Å². The maximum absolute atomic E-state index is 12.3. The van der Waals surface area contributed by atoms with Crippen LogP contribution >= 0.6 is 11.3 Å². The van der Waals surface area contributed by atoms with Crippen LogP contribution in [0.3, 0.4) is 0 Å². The zero-order valence-corrected chi connectivity index (χ0v) is 10.9. The second-order valence-electron chi connectivity index (χ2n) is 4.20. The van der Waals surface area contributed by atoms with Crippen molar-refractivity contribution < 1.29 is 14.7 Å². The Kier molecular flexibility index (Phi) is 3.81. The van der Waals surface area contributed by atoms with Crippen LogP contribution in [0.2, 0.25) is 0 Å². The zero-order valence-electron chi connectivity index (χ0n) is 10.1. The highest BCUT2D eigenvalue weighted by Crippen LogP contribution is 2.30. The molecule has 18 heavy (non-hydrogen) atoms. The van der Waals surface area contributed by atoms with E-state index in [2.05, 4.69) is 0 Å². The first-order chi connectivity index (χ1) is 8.63. The Balaban J connectivity index is 2.19. The van der Waals surface area contributed by atoms with Crippen molar-refractivity contribution in [2.75, 3.05) is 6.54 Å². The summed E-state index contributed by atoms with van der Waals surface area (Å²) in [6.45, 7) is 2.67. The Bertz CT molecular complexity index is 488. The summed E-state index contributed by atoms with van der Waals surface area (Å²) < 4.78 is 0. The minimum Gasteiger partial charge on any atom is -0.478 e. The summed E-state index contributed by atoms with van der Waals surface area (Å²) in [6.07, 6.45) is 4.69. The quantitative estimate of drug-likeness (QED) is 0.832. The average molecular weight is 265 g/mol. The lowest BCUT2D eigenvalue weighted by Crippen LogP contribution is -2.32. The SMILES string of the molecule is CCN(C(=O)c1sccc1/C=C/C(=O)O)C1CC1. The van der Waals surface area contributed by atoms with Crippen molar-refractivity contribution in [3.05, 3.63) is 28.0 Å². The Morgan fingerprint density at radius 2 is 2.28 bits per heavy atom. The lowest BCUT2D eigenvalue weighted by Gasteiger charge is -2.19. The highest BCUT2D eigenvalue weighted by Gasteiger charge is 2.32. The monoisotopic (exact) mass is 265 g/mol. The molecule has 1 aromatic rings. The van der Waals surface area contributed by atoms with Gasteiger partial charge in [-0.25, -0.2) is 4.79 Å². The van der Waals surface area contributed by atoms with Gasteiger partial charge in [0.15, 0.2) is 0 Å². The van der Waals surface area contributed by atoms with Crippen LogP contribution in [0.15, 0.2) is 17.5 Å². The van der Waals surface area contributed by atoms with Crippen LogP contribution in [-0.2, 0) is 4.79 Å². The first-order valence-corrected chi connectivity index (χ1v) is 6.81. The van der Waals surface area contributed by atoms with Gasteiger partial charge in [-0.3, -0.25) is 4.79 Å². The fraction of sp³-hybridized carbons (Fsp3) is 0.385. The Morgan fingerprint density at radius 3 is 2.83 bits per heavy atom. The van der Waals surface area contributed by atoms with Crippen molar-refractivity contribution in [3.63, 3.8) is 0 Å². The molecule has 0 aromatic carbocycles. The summed E-state index contributed by atoms with van der Waals surface area (Å²) in [5.74, 6) is -0.992. The second kappa shape index (κ2) is 5.35. The van der Waals surface area contributed by atoms with E-state index in [0.29, 0.717) is 23.0 Å². The van der Waals surface area contributed by atoms with Crippen LogP contribution in [0.4, 0.5) is 0 Å². The van der Waals surface area contributed by atoms with Crippen LogP contribution in [0, 0.1) is 0 Å².